The monoisotopic (exact) mass is 260 g/mol. The van der Waals surface area contributed by atoms with E-state index < -0.39 is 5.97 Å². The molecule has 19 heavy (non-hydrogen) atoms. The van der Waals surface area contributed by atoms with Crippen LogP contribution in [0.2, 0.25) is 0 Å². The van der Waals surface area contributed by atoms with Crippen LogP contribution in [0.1, 0.15) is 46.7 Å². The van der Waals surface area contributed by atoms with Crippen LogP contribution in [0.4, 0.5) is 0 Å². The lowest BCUT2D eigenvalue weighted by Gasteiger charge is -2.06. The predicted octanol–water partition coefficient (Wildman–Crippen LogP) is 1.78. The first-order valence-corrected chi connectivity index (χ1v) is 6.52. The Morgan fingerprint density at radius 1 is 1.32 bits per heavy atom. The molecule has 6 nitrogen and oxygen atoms in total. The average Bonchev–Trinajstić information content (AvgIpc) is 3.11. The maximum absolute atomic E-state index is 11.2. The maximum atomic E-state index is 11.2. The fourth-order valence-corrected chi connectivity index (χ4v) is 2.27. The van der Waals surface area contributed by atoms with E-state index in [1.165, 1.54) is 12.8 Å². The van der Waals surface area contributed by atoms with Crippen molar-refractivity contribution in [2.24, 2.45) is 5.92 Å². The first-order valence-electron chi connectivity index (χ1n) is 6.52. The number of aryl methyl sites for hydroxylation is 2. The lowest BCUT2D eigenvalue weighted by Crippen LogP contribution is -2.11. The number of rotatable bonds is 4. The minimum absolute atomic E-state index is 0.0810. The summed E-state index contributed by atoms with van der Waals surface area (Å²) in [5, 5.41) is 21.7. The van der Waals surface area contributed by atoms with Crippen molar-refractivity contribution in [1.82, 2.24) is 19.8 Å². The molecule has 0 amide bonds. The zero-order chi connectivity index (χ0) is 13.6. The van der Waals surface area contributed by atoms with Gasteiger partial charge in [0.1, 0.15) is 0 Å². The van der Waals surface area contributed by atoms with Gasteiger partial charge in [-0.05, 0) is 31.7 Å². The third-order valence-corrected chi connectivity index (χ3v) is 3.83. The van der Waals surface area contributed by atoms with Crippen LogP contribution in [0.3, 0.4) is 0 Å². The number of hydrogen-bond donors (Lipinski definition) is 1. The number of aromatic carboxylic acids is 1. The summed E-state index contributed by atoms with van der Waals surface area (Å²) in [5.41, 5.74) is 2.23. The van der Waals surface area contributed by atoms with Crippen LogP contribution in [0.25, 0.3) is 5.65 Å². The van der Waals surface area contributed by atoms with E-state index in [1.807, 2.05) is 6.92 Å². The number of nitrogens with zero attached hydrogens (tertiary/aromatic N) is 4. The molecule has 0 aliphatic heterocycles. The average molecular weight is 260 g/mol. The van der Waals surface area contributed by atoms with Gasteiger partial charge in [-0.3, -0.25) is 0 Å². The Bertz CT molecular complexity index is 658. The first kappa shape index (κ1) is 12.1. The van der Waals surface area contributed by atoms with Crippen molar-refractivity contribution in [1.29, 1.82) is 0 Å². The molecule has 6 heteroatoms. The number of carbonyl (C=O) groups is 1. The summed E-state index contributed by atoms with van der Waals surface area (Å²) in [6.07, 6.45) is 4.48. The Hall–Kier alpha value is -1.98. The molecule has 1 fully saturated rings. The molecule has 3 rings (SSSR count). The summed E-state index contributed by atoms with van der Waals surface area (Å²) >= 11 is 0. The van der Waals surface area contributed by atoms with Crippen LogP contribution in [0.5, 0.6) is 0 Å². The van der Waals surface area contributed by atoms with Crippen molar-refractivity contribution in [3.63, 3.8) is 0 Å². The van der Waals surface area contributed by atoms with Gasteiger partial charge in [-0.25, -0.2) is 4.79 Å². The van der Waals surface area contributed by atoms with Gasteiger partial charge in [0, 0.05) is 12.0 Å². The Morgan fingerprint density at radius 3 is 2.68 bits per heavy atom. The molecule has 2 aromatic rings. The molecular formula is C13H16N4O2. The van der Waals surface area contributed by atoms with Gasteiger partial charge in [-0.15, -0.1) is 10.2 Å². The summed E-state index contributed by atoms with van der Waals surface area (Å²) in [5.74, 6) is 0.551. The van der Waals surface area contributed by atoms with Gasteiger partial charge in [0.25, 0.3) is 0 Å². The third kappa shape index (κ3) is 2.07. The SMILES string of the molecule is Cc1c(C(=O)O)nn2c(CCC3CC3)nnc2c1C. The maximum Gasteiger partial charge on any atom is 0.356 e. The molecule has 0 bridgehead atoms. The summed E-state index contributed by atoms with van der Waals surface area (Å²) in [7, 11) is 0. The minimum atomic E-state index is -1.01. The molecule has 0 unspecified atom stereocenters. The highest BCUT2D eigenvalue weighted by Gasteiger charge is 2.23. The molecule has 0 saturated heterocycles. The second-order valence-electron chi connectivity index (χ2n) is 5.24. The largest absolute Gasteiger partial charge is 0.476 e. The van der Waals surface area contributed by atoms with Crippen molar-refractivity contribution in [3.05, 3.63) is 22.6 Å². The third-order valence-electron chi connectivity index (χ3n) is 3.83. The summed E-state index contributed by atoms with van der Waals surface area (Å²) in [6.45, 7) is 3.61. The van der Waals surface area contributed by atoms with Gasteiger partial charge in [-0.2, -0.15) is 9.61 Å². The molecule has 0 atom stereocenters. The number of carboxylic acids is 1. The lowest BCUT2D eigenvalue weighted by atomic mass is 10.1. The normalized spacial score (nSPS) is 15.1. The molecule has 1 N–H and O–H groups in total. The van der Waals surface area contributed by atoms with E-state index in [9.17, 15) is 9.90 Å². The number of fused-ring (bicyclic) bond motifs is 1. The van der Waals surface area contributed by atoms with Crippen LogP contribution in [-0.2, 0) is 6.42 Å². The zero-order valence-corrected chi connectivity index (χ0v) is 11.1. The van der Waals surface area contributed by atoms with Crippen molar-refractivity contribution in [2.45, 2.75) is 39.5 Å². The van der Waals surface area contributed by atoms with Crippen LogP contribution in [0, 0.1) is 19.8 Å². The molecule has 1 aliphatic carbocycles. The topological polar surface area (TPSA) is 80.4 Å². The molecule has 2 aromatic heterocycles. The molecule has 2 heterocycles. The number of aromatic nitrogens is 4. The second kappa shape index (κ2) is 4.29. The van der Waals surface area contributed by atoms with Crippen molar-refractivity contribution < 1.29 is 9.90 Å². The molecule has 1 saturated carbocycles. The Labute approximate surface area is 110 Å². The molecule has 0 radical (unpaired) electrons. The van der Waals surface area contributed by atoms with Crippen molar-refractivity contribution in [3.8, 4) is 0 Å². The molecule has 100 valence electrons. The number of carboxylic acid groups (broad SMARTS) is 1. The van der Waals surface area contributed by atoms with E-state index >= 15 is 0 Å². The van der Waals surface area contributed by atoms with Gasteiger partial charge in [-0.1, -0.05) is 12.8 Å². The fourth-order valence-electron chi connectivity index (χ4n) is 2.27. The summed E-state index contributed by atoms with van der Waals surface area (Å²) < 4.78 is 1.59. The Morgan fingerprint density at radius 2 is 2.05 bits per heavy atom. The minimum Gasteiger partial charge on any atom is -0.476 e. The van der Waals surface area contributed by atoms with E-state index in [-0.39, 0.29) is 5.69 Å². The molecular weight excluding hydrogens is 244 g/mol. The smallest absolute Gasteiger partial charge is 0.356 e. The summed E-state index contributed by atoms with van der Waals surface area (Å²) in [4.78, 5) is 11.2. The summed E-state index contributed by atoms with van der Waals surface area (Å²) in [6, 6.07) is 0. The van der Waals surface area contributed by atoms with E-state index in [0.717, 1.165) is 30.1 Å². The van der Waals surface area contributed by atoms with E-state index in [2.05, 4.69) is 15.3 Å². The van der Waals surface area contributed by atoms with Gasteiger partial charge in [0.15, 0.2) is 17.2 Å². The Kier molecular flexibility index (Phi) is 2.73. The number of hydrogen-bond acceptors (Lipinski definition) is 4. The van der Waals surface area contributed by atoms with Crippen molar-refractivity contribution in [2.75, 3.05) is 0 Å². The lowest BCUT2D eigenvalue weighted by molar-refractivity contribution is 0.0687. The van der Waals surface area contributed by atoms with Crippen molar-refractivity contribution >= 4 is 11.6 Å². The van der Waals surface area contributed by atoms with E-state index in [1.54, 1.807) is 11.4 Å². The van der Waals surface area contributed by atoms with E-state index in [0.29, 0.717) is 11.2 Å². The quantitative estimate of drug-likeness (QED) is 0.906. The van der Waals surface area contributed by atoms with Gasteiger partial charge in [0.2, 0.25) is 0 Å². The standard InChI is InChI=1S/C13H16N4O2/c1-7-8(2)12-15-14-10(6-5-9-3-4-9)17(12)16-11(7)13(18)19/h9H,3-6H2,1-2H3,(H,18,19). The first-order chi connectivity index (χ1) is 9.08. The van der Waals surface area contributed by atoms with Crippen LogP contribution in [-0.4, -0.2) is 30.9 Å². The predicted molar refractivity (Wildman–Crippen MR) is 68.3 cm³/mol. The highest BCUT2D eigenvalue weighted by atomic mass is 16.4. The highest BCUT2D eigenvalue weighted by molar-refractivity contribution is 5.87. The van der Waals surface area contributed by atoms with E-state index in [4.69, 9.17) is 0 Å². The fraction of sp³-hybridized carbons (Fsp3) is 0.538. The van der Waals surface area contributed by atoms with Gasteiger partial charge < -0.3 is 5.11 Å². The Balaban J connectivity index is 2.06. The molecule has 0 spiro atoms. The second-order valence-corrected chi connectivity index (χ2v) is 5.24. The van der Waals surface area contributed by atoms with Crippen LogP contribution >= 0.6 is 0 Å². The molecule has 0 aromatic carbocycles. The van der Waals surface area contributed by atoms with Crippen LogP contribution in [0.15, 0.2) is 0 Å². The van der Waals surface area contributed by atoms with Gasteiger partial charge in [0.05, 0.1) is 0 Å². The highest BCUT2D eigenvalue weighted by Crippen LogP contribution is 2.33. The van der Waals surface area contributed by atoms with Crippen LogP contribution < -0.4 is 0 Å². The zero-order valence-electron chi connectivity index (χ0n) is 11.1. The van der Waals surface area contributed by atoms with Gasteiger partial charge >= 0.3 is 5.97 Å². The molecule has 1 aliphatic rings.